The summed E-state index contributed by atoms with van der Waals surface area (Å²) < 4.78 is 11.4. The van der Waals surface area contributed by atoms with Crippen LogP contribution in [0.15, 0.2) is 59.2 Å². The van der Waals surface area contributed by atoms with Crippen LogP contribution in [-0.4, -0.2) is 92.1 Å². The number of nitriles is 1. The molecular formula is C32H36BrN7O5. The molecule has 1 aliphatic rings. The molecule has 2 heterocycles. The average Bonchev–Trinajstić information content (AvgIpc) is 3.03. The number of fused-ring (bicyclic) bond motifs is 1. The number of nitrogens with zero attached hydrogens (tertiary/aromatic N) is 4. The second-order valence-electron chi connectivity index (χ2n) is 10.3. The smallest absolute Gasteiger partial charge is 0.320 e. The van der Waals surface area contributed by atoms with Crippen molar-refractivity contribution in [2.75, 3.05) is 70.2 Å². The molecule has 3 aromatic rings. The second kappa shape index (κ2) is 16.5. The summed E-state index contributed by atoms with van der Waals surface area (Å²) in [5.41, 5.74) is 2.55. The molecule has 1 saturated heterocycles. The highest BCUT2D eigenvalue weighted by Crippen LogP contribution is 2.36. The van der Waals surface area contributed by atoms with Gasteiger partial charge in [-0.05, 0) is 44.2 Å². The molecule has 13 heteroatoms. The van der Waals surface area contributed by atoms with Crippen LogP contribution < -0.4 is 20.7 Å². The fourth-order valence-electron chi connectivity index (χ4n) is 4.88. The van der Waals surface area contributed by atoms with Crippen molar-refractivity contribution in [1.82, 2.24) is 20.1 Å². The maximum absolute atomic E-state index is 12.8. The number of benzene rings is 2. The number of hydrogen-bond acceptors (Lipinski definition) is 10. The minimum absolute atomic E-state index is 0.197. The summed E-state index contributed by atoms with van der Waals surface area (Å²) in [6.45, 7) is 7.08. The Morgan fingerprint density at radius 1 is 1.09 bits per heavy atom. The number of amides is 2. The highest BCUT2D eigenvalue weighted by molar-refractivity contribution is 9.10. The Morgan fingerprint density at radius 2 is 1.84 bits per heavy atom. The third-order valence-corrected chi connectivity index (χ3v) is 7.61. The summed E-state index contributed by atoms with van der Waals surface area (Å²) in [7, 11) is 1.48. The van der Waals surface area contributed by atoms with Gasteiger partial charge in [0.05, 0.1) is 42.7 Å². The van der Waals surface area contributed by atoms with E-state index in [1.807, 2.05) is 24.3 Å². The standard InChI is InChI=1S/C32H36BrN7O5/c1-3-45-31(43)21-40-14-12-39(13-15-40)11-5-10-35-29(41)8-9-30(42)38-27-17-25-26(18-28(27)44-2)36-20-22(19-34)32(25)37-24-7-4-6-23(33)16-24/h4,6-9,16-18,20H,3,5,10-15,21H2,1-2H3,(H,35,41)(H,36,37)(H,38,42)/b9-8+. The molecule has 0 atom stereocenters. The molecule has 45 heavy (non-hydrogen) atoms. The number of aromatic nitrogens is 1. The van der Waals surface area contributed by atoms with Gasteiger partial charge in [0.25, 0.3) is 0 Å². The average molecular weight is 679 g/mol. The van der Waals surface area contributed by atoms with E-state index in [-0.39, 0.29) is 11.9 Å². The number of esters is 1. The lowest BCUT2D eigenvalue weighted by Crippen LogP contribution is -2.48. The van der Waals surface area contributed by atoms with Crippen LogP contribution >= 0.6 is 15.9 Å². The van der Waals surface area contributed by atoms with E-state index in [2.05, 4.69) is 52.7 Å². The van der Waals surface area contributed by atoms with Crippen LogP contribution in [0.2, 0.25) is 0 Å². The van der Waals surface area contributed by atoms with E-state index in [4.69, 9.17) is 9.47 Å². The van der Waals surface area contributed by atoms with E-state index in [1.54, 1.807) is 19.1 Å². The Balaban J connectivity index is 1.31. The summed E-state index contributed by atoms with van der Waals surface area (Å²) >= 11 is 3.46. The monoisotopic (exact) mass is 677 g/mol. The van der Waals surface area contributed by atoms with Gasteiger partial charge in [-0.3, -0.25) is 24.3 Å². The first kappa shape index (κ1) is 33.4. The van der Waals surface area contributed by atoms with E-state index in [1.165, 1.54) is 19.4 Å². The normalized spacial score (nSPS) is 13.7. The number of nitrogens with one attached hydrogen (secondary N) is 3. The van der Waals surface area contributed by atoms with Crippen molar-refractivity contribution in [3.8, 4) is 11.8 Å². The molecule has 0 radical (unpaired) electrons. The fourth-order valence-corrected chi connectivity index (χ4v) is 5.27. The molecule has 3 N–H and O–H groups in total. The van der Waals surface area contributed by atoms with Gasteiger partial charge in [0.2, 0.25) is 11.8 Å². The molecule has 0 unspecified atom stereocenters. The van der Waals surface area contributed by atoms with Crippen molar-refractivity contribution in [3.63, 3.8) is 0 Å². The molecule has 1 fully saturated rings. The zero-order chi connectivity index (χ0) is 32.2. The number of anilines is 3. The van der Waals surface area contributed by atoms with Gasteiger partial charge in [0, 0.05) is 72.7 Å². The number of piperazine rings is 1. The summed E-state index contributed by atoms with van der Waals surface area (Å²) in [5, 5.41) is 19.2. The molecule has 12 nitrogen and oxygen atoms in total. The lowest BCUT2D eigenvalue weighted by Gasteiger charge is -2.34. The number of rotatable bonds is 13. The predicted molar refractivity (Wildman–Crippen MR) is 175 cm³/mol. The number of hydrogen-bond donors (Lipinski definition) is 3. The number of halogens is 1. The number of carbonyl (C=O) groups is 3. The van der Waals surface area contributed by atoms with Crippen LogP contribution in [0, 0.1) is 11.3 Å². The van der Waals surface area contributed by atoms with Crippen LogP contribution in [0.1, 0.15) is 18.9 Å². The molecule has 0 saturated carbocycles. The van der Waals surface area contributed by atoms with Crippen molar-refractivity contribution in [1.29, 1.82) is 5.26 Å². The quantitative estimate of drug-likeness (QED) is 0.139. The molecule has 236 valence electrons. The van der Waals surface area contributed by atoms with Gasteiger partial charge in [-0.2, -0.15) is 5.26 Å². The summed E-state index contributed by atoms with van der Waals surface area (Å²) in [6, 6.07) is 13.0. The molecular weight excluding hydrogens is 642 g/mol. The first-order valence-electron chi connectivity index (χ1n) is 14.6. The number of pyridine rings is 1. The van der Waals surface area contributed by atoms with Crippen molar-refractivity contribution in [2.24, 2.45) is 0 Å². The van der Waals surface area contributed by atoms with E-state index >= 15 is 0 Å². The summed E-state index contributed by atoms with van der Waals surface area (Å²) in [5.74, 6) is -0.717. The van der Waals surface area contributed by atoms with Crippen molar-refractivity contribution in [2.45, 2.75) is 13.3 Å². The lowest BCUT2D eigenvalue weighted by atomic mass is 10.1. The number of ether oxygens (including phenoxy) is 2. The molecule has 0 bridgehead atoms. The minimum atomic E-state index is -0.519. The molecule has 4 rings (SSSR count). The highest BCUT2D eigenvalue weighted by atomic mass is 79.9. The molecule has 0 aliphatic carbocycles. The van der Waals surface area contributed by atoms with Gasteiger partial charge in [-0.1, -0.05) is 22.0 Å². The van der Waals surface area contributed by atoms with Crippen LogP contribution in [0.5, 0.6) is 5.75 Å². The van der Waals surface area contributed by atoms with Gasteiger partial charge < -0.3 is 30.3 Å². The van der Waals surface area contributed by atoms with Gasteiger partial charge in [0.1, 0.15) is 11.8 Å². The molecule has 2 aromatic carbocycles. The largest absolute Gasteiger partial charge is 0.494 e. The third kappa shape index (κ3) is 9.74. The fraction of sp³-hybridized carbons (Fsp3) is 0.344. The SMILES string of the molecule is CCOC(=O)CN1CCN(CCCNC(=O)/C=C/C(=O)Nc2cc3c(Nc4cccc(Br)c4)c(C#N)cnc3cc2OC)CC1. The summed E-state index contributed by atoms with van der Waals surface area (Å²) in [6.07, 6.45) is 4.59. The maximum atomic E-state index is 12.8. The lowest BCUT2D eigenvalue weighted by molar-refractivity contribution is -0.144. The predicted octanol–water partition coefficient (Wildman–Crippen LogP) is 3.80. The number of carbonyl (C=O) groups excluding carboxylic acids is 3. The van der Waals surface area contributed by atoms with Crippen LogP contribution in [-0.2, 0) is 19.1 Å². The Bertz CT molecular complexity index is 1600. The number of methoxy groups -OCH3 is 1. The molecule has 2 amide bonds. The van der Waals surface area contributed by atoms with Crippen molar-refractivity contribution < 1.29 is 23.9 Å². The van der Waals surface area contributed by atoms with Crippen LogP contribution in [0.3, 0.4) is 0 Å². The van der Waals surface area contributed by atoms with Gasteiger partial charge >= 0.3 is 5.97 Å². The van der Waals surface area contributed by atoms with Gasteiger partial charge in [-0.25, -0.2) is 0 Å². The van der Waals surface area contributed by atoms with Crippen molar-refractivity contribution >= 4 is 61.7 Å². The van der Waals surface area contributed by atoms with E-state index in [0.717, 1.165) is 55.4 Å². The Hall–Kier alpha value is -4.51. The zero-order valence-corrected chi connectivity index (χ0v) is 26.9. The van der Waals surface area contributed by atoms with Gasteiger partial charge in [-0.15, -0.1) is 0 Å². The minimum Gasteiger partial charge on any atom is -0.494 e. The molecule has 0 spiro atoms. The van der Waals surface area contributed by atoms with Gasteiger partial charge in [0.15, 0.2) is 0 Å². The van der Waals surface area contributed by atoms with E-state index < -0.39 is 5.91 Å². The first-order valence-corrected chi connectivity index (χ1v) is 15.4. The van der Waals surface area contributed by atoms with E-state index in [0.29, 0.717) is 53.3 Å². The van der Waals surface area contributed by atoms with E-state index in [9.17, 15) is 19.6 Å². The van der Waals surface area contributed by atoms with Crippen LogP contribution in [0.25, 0.3) is 10.9 Å². The second-order valence-corrected chi connectivity index (χ2v) is 11.2. The zero-order valence-electron chi connectivity index (χ0n) is 25.3. The van der Waals surface area contributed by atoms with Crippen molar-refractivity contribution in [3.05, 3.63) is 64.8 Å². The Kier molecular flexibility index (Phi) is 12.3. The maximum Gasteiger partial charge on any atom is 0.320 e. The molecule has 1 aliphatic heterocycles. The Labute approximate surface area is 270 Å². The molecule has 1 aromatic heterocycles. The third-order valence-electron chi connectivity index (χ3n) is 7.12. The van der Waals surface area contributed by atoms with Crippen LogP contribution in [0.4, 0.5) is 17.1 Å². The first-order chi connectivity index (χ1) is 21.8. The Morgan fingerprint density at radius 3 is 2.56 bits per heavy atom. The highest BCUT2D eigenvalue weighted by Gasteiger charge is 2.19. The topological polar surface area (TPSA) is 149 Å². The summed E-state index contributed by atoms with van der Waals surface area (Å²) in [4.78, 5) is 45.5.